The fourth-order valence-electron chi connectivity index (χ4n) is 3.70. The van der Waals surface area contributed by atoms with Crippen molar-refractivity contribution >= 4 is 23.3 Å². The predicted molar refractivity (Wildman–Crippen MR) is 120 cm³/mol. The van der Waals surface area contributed by atoms with E-state index in [0.29, 0.717) is 17.3 Å². The number of carbonyl (C=O) groups is 1. The van der Waals surface area contributed by atoms with E-state index in [2.05, 4.69) is 20.8 Å². The molecule has 1 aliphatic heterocycles. The smallest absolute Gasteiger partial charge is 0.317 e. The summed E-state index contributed by atoms with van der Waals surface area (Å²) in [6, 6.07) is 17.5. The third-order valence-corrected chi connectivity index (χ3v) is 5.29. The molecule has 32 heavy (non-hydrogen) atoms. The summed E-state index contributed by atoms with van der Waals surface area (Å²) in [4.78, 5) is 17.7. The summed E-state index contributed by atoms with van der Waals surface area (Å²) in [7, 11) is 1.62. The van der Waals surface area contributed by atoms with Crippen LogP contribution in [0.15, 0.2) is 88.0 Å². The number of hydrogen-bond donors (Lipinski definition) is 2. The molecule has 5 rings (SSSR count). The highest BCUT2D eigenvalue weighted by Crippen LogP contribution is 2.28. The number of nitrogens with one attached hydrogen (secondary N) is 2. The quantitative estimate of drug-likeness (QED) is 0.641. The number of aromatic nitrogens is 2. The number of hydrogen-bond acceptors (Lipinski definition) is 7. The van der Waals surface area contributed by atoms with Gasteiger partial charge >= 0.3 is 6.01 Å². The van der Waals surface area contributed by atoms with E-state index in [-0.39, 0.29) is 17.8 Å². The van der Waals surface area contributed by atoms with Crippen molar-refractivity contribution in [2.75, 3.05) is 17.7 Å². The van der Waals surface area contributed by atoms with Crippen LogP contribution in [0.1, 0.15) is 29.4 Å². The van der Waals surface area contributed by atoms with Gasteiger partial charge in [0, 0.05) is 11.1 Å². The van der Waals surface area contributed by atoms with Crippen LogP contribution in [0.2, 0.25) is 0 Å². The second-order valence-electron chi connectivity index (χ2n) is 7.39. The summed E-state index contributed by atoms with van der Waals surface area (Å²) in [5, 5.41) is 14.1. The van der Waals surface area contributed by atoms with E-state index in [9.17, 15) is 4.79 Å². The summed E-state index contributed by atoms with van der Waals surface area (Å²) in [6.45, 7) is 0. The maximum atomic E-state index is 12.9. The number of para-hydroxylation sites is 1. The third kappa shape index (κ3) is 3.90. The fourth-order valence-corrected chi connectivity index (χ4v) is 3.70. The molecule has 0 spiro atoms. The lowest BCUT2D eigenvalue weighted by Crippen LogP contribution is -2.32. The van der Waals surface area contributed by atoms with Gasteiger partial charge in [-0.3, -0.25) is 4.79 Å². The molecule has 2 heterocycles. The predicted octanol–water partition coefficient (Wildman–Crippen LogP) is 3.87. The van der Waals surface area contributed by atoms with E-state index >= 15 is 0 Å². The van der Waals surface area contributed by atoms with Crippen molar-refractivity contribution in [3.63, 3.8) is 0 Å². The summed E-state index contributed by atoms with van der Waals surface area (Å²) < 4.78 is 11.1. The Hall–Kier alpha value is -4.20. The van der Waals surface area contributed by atoms with Crippen molar-refractivity contribution in [2.24, 2.45) is 4.99 Å². The molecule has 0 fully saturated rings. The van der Waals surface area contributed by atoms with Crippen molar-refractivity contribution < 1.29 is 13.9 Å². The van der Waals surface area contributed by atoms with Gasteiger partial charge in [-0.05, 0) is 24.6 Å². The molecule has 8 heteroatoms. The first-order valence-corrected chi connectivity index (χ1v) is 10.3. The molecular weight excluding hydrogens is 406 g/mol. The van der Waals surface area contributed by atoms with Crippen LogP contribution in [0, 0.1) is 0 Å². The zero-order chi connectivity index (χ0) is 21.9. The number of rotatable bonds is 5. The zero-order valence-electron chi connectivity index (χ0n) is 17.4. The van der Waals surface area contributed by atoms with Crippen LogP contribution < -0.4 is 10.6 Å². The molecule has 2 aliphatic rings. The zero-order valence-corrected chi connectivity index (χ0v) is 17.4. The van der Waals surface area contributed by atoms with Gasteiger partial charge in [0.1, 0.15) is 5.76 Å². The largest absolute Gasteiger partial charge is 0.497 e. The van der Waals surface area contributed by atoms with Crippen molar-refractivity contribution in [1.29, 1.82) is 0 Å². The number of nitrogens with zero attached hydrogens (tertiary/aromatic N) is 3. The lowest BCUT2D eigenvalue weighted by atomic mass is 10.0. The number of carbonyl (C=O) groups excluding carboxylic acids is 1. The summed E-state index contributed by atoms with van der Waals surface area (Å²) in [5.41, 5.74) is 3.14. The highest BCUT2D eigenvalue weighted by atomic mass is 16.5. The number of aliphatic imine (C=N–C) groups is 1. The Labute approximate surface area is 184 Å². The van der Waals surface area contributed by atoms with Crippen molar-refractivity contribution in [1.82, 2.24) is 10.2 Å². The number of benzene rings is 2. The maximum absolute atomic E-state index is 12.9. The van der Waals surface area contributed by atoms with Crippen molar-refractivity contribution in [3.05, 3.63) is 95.6 Å². The monoisotopic (exact) mass is 427 g/mol. The summed E-state index contributed by atoms with van der Waals surface area (Å²) >= 11 is 0. The van der Waals surface area contributed by atoms with Gasteiger partial charge < -0.3 is 19.8 Å². The first-order valence-electron chi connectivity index (χ1n) is 10.3. The molecule has 0 saturated heterocycles. The molecule has 8 nitrogen and oxygen atoms in total. The molecule has 1 aliphatic carbocycles. The van der Waals surface area contributed by atoms with Crippen LogP contribution in [0.3, 0.4) is 0 Å². The van der Waals surface area contributed by atoms with E-state index in [1.54, 1.807) is 7.11 Å². The Morgan fingerprint density at radius 1 is 1.09 bits per heavy atom. The molecule has 2 unspecified atom stereocenters. The number of anilines is 2. The van der Waals surface area contributed by atoms with Gasteiger partial charge in [0.25, 0.3) is 5.91 Å². The molecule has 2 aromatic carbocycles. The average molecular weight is 427 g/mol. The first-order chi connectivity index (χ1) is 15.7. The van der Waals surface area contributed by atoms with Gasteiger partial charge in [-0.1, -0.05) is 59.7 Å². The molecule has 1 aromatic heterocycles. The second-order valence-corrected chi connectivity index (χ2v) is 7.39. The topological polar surface area (TPSA) is 102 Å². The SMILES string of the molecule is COC1=CC(c2nnc(NC3N=C(c4ccccc4)c4ccccc4NC3=O)o2)CC=C1. The van der Waals surface area contributed by atoms with E-state index < -0.39 is 6.17 Å². The number of amides is 1. The Morgan fingerprint density at radius 3 is 2.75 bits per heavy atom. The van der Waals surface area contributed by atoms with Crippen LogP contribution in [0.5, 0.6) is 0 Å². The lowest BCUT2D eigenvalue weighted by molar-refractivity contribution is -0.116. The Balaban J connectivity index is 1.45. The lowest BCUT2D eigenvalue weighted by Gasteiger charge is -2.13. The van der Waals surface area contributed by atoms with E-state index in [0.717, 1.165) is 23.3 Å². The van der Waals surface area contributed by atoms with Crippen LogP contribution in [0.4, 0.5) is 11.7 Å². The Kier molecular flexibility index (Phi) is 5.25. The van der Waals surface area contributed by atoms with Gasteiger partial charge in [0.05, 0.1) is 24.4 Å². The third-order valence-electron chi connectivity index (χ3n) is 5.29. The first kappa shape index (κ1) is 19.7. The molecule has 2 atom stereocenters. The number of methoxy groups -OCH3 is 1. The molecule has 0 bridgehead atoms. The van der Waals surface area contributed by atoms with Crippen molar-refractivity contribution in [3.8, 4) is 0 Å². The van der Waals surface area contributed by atoms with Gasteiger partial charge in [-0.15, -0.1) is 5.10 Å². The van der Waals surface area contributed by atoms with Crippen LogP contribution in [-0.2, 0) is 9.53 Å². The highest BCUT2D eigenvalue weighted by Gasteiger charge is 2.27. The number of fused-ring (bicyclic) bond motifs is 1. The fraction of sp³-hybridized carbons (Fsp3) is 0.167. The summed E-state index contributed by atoms with van der Waals surface area (Å²) in [5.74, 6) is 0.779. The van der Waals surface area contributed by atoms with Gasteiger partial charge in [0.15, 0.2) is 0 Å². The summed E-state index contributed by atoms with van der Waals surface area (Å²) in [6.07, 6.45) is 5.61. The number of ether oxygens (including phenoxy) is 1. The van der Waals surface area contributed by atoms with Crippen LogP contribution >= 0.6 is 0 Å². The van der Waals surface area contributed by atoms with E-state index in [4.69, 9.17) is 14.1 Å². The molecule has 1 amide bonds. The molecule has 0 saturated carbocycles. The van der Waals surface area contributed by atoms with Gasteiger partial charge in [0.2, 0.25) is 12.1 Å². The molecule has 160 valence electrons. The van der Waals surface area contributed by atoms with Gasteiger partial charge in [-0.2, -0.15) is 0 Å². The average Bonchev–Trinajstić information content (AvgIpc) is 3.26. The molecular formula is C24H21N5O3. The normalized spacial score (nSPS) is 19.8. The van der Waals surface area contributed by atoms with E-state index in [1.807, 2.05) is 72.8 Å². The van der Waals surface area contributed by atoms with E-state index in [1.165, 1.54) is 0 Å². The molecule has 0 radical (unpaired) electrons. The maximum Gasteiger partial charge on any atom is 0.317 e. The number of benzodiazepines with no additional fused rings is 1. The number of allylic oxidation sites excluding steroid dienone is 3. The molecule has 2 N–H and O–H groups in total. The highest BCUT2D eigenvalue weighted by molar-refractivity contribution is 6.19. The van der Waals surface area contributed by atoms with Crippen LogP contribution in [0.25, 0.3) is 0 Å². The van der Waals surface area contributed by atoms with Crippen molar-refractivity contribution in [2.45, 2.75) is 18.5 Å². The standard InChI is InChI=1S/C24H21N5O3/c1-31-17-11-7-10-16(14-17)23-28-29-24(32-23)27-21-22(30)25-19-13-6-5-12-18(19)20(26-21)15-8-3-2-4-9-15/h2-9,11-14,16,21H,10H2,1H3,(H,25,30)(H,27,29). The van der Waals surface area contributed by atoms with Crippen LogP contribution in [-0.4, -0.2) is 35.1 Å². The minimum absolute atomic E-state index is 0.0893. The Morgan fingerprint density at radius 2 is 1.91 bits per heavy atom. The second kappa shape index (κ2) is 8.50. The Bertz CT molecular complexity index is 1230. The molecule has 3 aromatic rings. The van der Waals surface area contributed by atoms with Gasteiger partial charge in [-0.25, -0.2) is 4.99 Å². The minimum atomic E-state index is -0.942. The minimum Gasteiger partial charge on any atom is -0.497 e.